The number of fused-ring (bicyclic) bond motifs is 1. The van der Waals surface area contributed by atoms with Crippen molar-refractivity contribution in [2.75, 3.05) is 13.2 Å². The maximum atomic E-state index is 12.6. The van der Waals surface area contributed by atoms with E-state index in [9.17, 15) is 14.4 Å². The van der Waals surface area contributed by atoms with Gasteiger partial charge in [0, 0.05) is 5.92 Å². The standard InChI is InChI=1S/C19H26N2O4/c1-4-13(3)17(23)20-12-16(22)21-19(18(24)25-5-2)11-10-14-8-6-7-9-15(14)19/h6-9,13H,4-5,10-12H2,1-3H3,(H,20,23)(H,21,22)/t13-,19-/m1/s1. The van der Waals surface area contributed by atoms with Crippen LogP contribution in [0.3, 0.4) is 0 Å². The molecule has 0 bridgehead atoms. The zero-order valence-electron chi connectivity index (χ0n) is 15.1. The molecule has 2 atom stereocenters. The van der Waals surface area contributed by atoms with Crippen molar-refractivity contribution in [1.29, 1.82) is 0 Å². The van der Waals surface area contributed by atoms with Crippen LogP contribution in [0.5, 0.6) is 0 Å². The van der Waals surface area contributed by atoms with Crippen molar-refractivity contribution in [1.82, 2.24) is 10.6 Å². The molecule has 0 saturated carbocycles. The minimum absolute atomic E-state index is 0.154. The summed E-state index contributed by atoms with van der Waals surface area (Å²) in [5.74, 6) is -1.18. The molecule has 1 aliphatic carbocycles. The summed E-state index contributed by atoms with van der Waals surface area (Å²) in [6.07, 6.45) is 1.85. The molecule has 1 aromatic rings. The van der Waals surface area contributed by atoms with E-state index < -0.39 is 17.4 Å². The fourth-order valence-electron chi connectivity index (χ4n) is 3.07. The molecule has 25 heavy (non-hydrogen) atoms. The molecule has 0 unspecified atom stereocenters. The van der Waals surface area contributed by atoms with Gasteiger partial charge in [0.1, 0.15) is 0 Å². The van der Waals surface area contributed by atoms with Crippen LogP contribution in [0.2, 0.25) is 0 Å². The largest absolute Gasteiger partial charge is 0.464 e. The van der Waals surface area contributed by atoms with Crippen molar-refractivity contribution in [3.05, 3.63) is 35.4 Å². The average Bonchev–Trinajstić information content (AvgIpc) is 2.99. The van der Waals surface area contributed by atoms with Gasteiger partial charge in [-0.15, -0.1) is 0 Å². The number of esters is 1. The third-order valence-corrected chi connectivity index (χ3v) is 4.71. The molecule has 0 aliphatic heterocycles. The molecule has 136 valence electrons. The molecular formula is C19H26N2O4. The van der Waals surface area contributed by atoms with Gasteiger partial charge in [0.15, 0.2) is 5.54 Å². The number of ether oxygens (including phenoxy) is 1. The molecule has 6 nitrogen and oxygen atoms in total. The zero-order chi connectivity index (χ0) is 18.4. The van der Waals surface area contributed by atoms with Crippen molar-refractivity contribution in [2.45, 2.75) is 45.6 Å². The van der Waals surface area contributed by atoms with Crippen LogP contribution in [-0.4, -0.2) is 30.9 Å². The second kappa shape index (κ2) is 8.14. The fourth-order valence-corrected chi connectivity index (χ4v) is 3.07. The van der Waals surface area contributed by atoms with Crippen molar-refractivity contribution in [3.8, 4) is 0 Å². The summed E-state index contributed by atoms with van der Waals surface area (Å²) in [4.78, 5) is 36.9. The van der Waals surface area contributed by atoms with Crippen molar-refractivity contribution in [3.63, 3.8) is 0 Å². The van der Waals surface area contributed by atoms with Crippen LogP contribution in [-0.2, 0) is 31.1 Å². The predicted octanol–water partition coefficient (Wildman–Crippen LogP) is 1.67. The molecule has 2 N–H and O–H groups in total. The lowest BCUT2D eigenvalue weighted by molar-refractivity contribution is -0.153. The molecule has 2 amide bonds. The van der Waals surface area contributed by atoms with Gasteiger partial charge in [0.2, 0.25) is 11.8 Å². The van der Waals surface area contributed by atoms with Crippen molar-refractivity contribution < 1.29 is 19.1 Å². The Kier molecular flexibility index (Phi) is 6.17. The third-order valence-electron chi connectivity index (χ3n) is 4.71. The predicted molar refractivity (Wildman–Crippen MR) is 93.7 cm³/mol. The van der Waals surface area contributed by atoms with Crippen LogP contribution >= 0.6 is 0 Å². The molecule has 0 aromatic heterocycles. The van der Waals surface area contributed by atoms with E-state index in [1.54, 1.807) is 13.8 Å². The molecule has 6 heteroatoms. The summed E-state index contributed by atoms with van der Waals surface area (Å²) < 4.78 is 5.23. The number of amides is 2. The highest BCUT2D eigenvalue weighted by molar-refractivity contribution is 5.92. The number of nitrogens with one attached hydrogen (secondary N) is 2. The van der Waals surface area contributed by atoms with Crippen molar-refractivity contribution in [2.24, 2.45) is 5.92 Å². The van der Waals surface area contributed by atoms with Gasteiger partial charge < -0.3 is 15.4 Å². The minimum Gasteiger partial charge on any atom is -0.464 e. The van der Waals surface area contributed by atoms with Gasteiger partial charge in [-0.1, -0.05) is 38.1 Å². The van der Waals surface area contributed by atoms with Crippen LogP contribution in [0, 0.1) is 5.92 Å². The quantitative estimate of drug-likeness (QED) is 0.736. The number of carbonyl (C=O) groups is 3. The van der Waals surface area contributed by atoms with E-state index in [4.69, 9.17) is 4.74 Å². The molecule has 0 saturated heterocycles. The van der Waals surface area contributed by atoms with E-state index in [2.05, 4.69) is 10.6 Å². The van der Waals surface area contributed by atoms with E-state index in [0.717, 1.165) is 11.1 Å². The Morgan fingerprint density at radius 3 is 2.64 bits per heavy atom. The molecular weight excluding hydrogens is 320 g/mol. The van der Waals surface area contributed by atoms with Gasteiger partial charge in [0.25, 0.3) is 0 Å². The lowest BCUT2D eigenvalue weighted by Crippen LogP contribution is -2.53. The Bertz CT molecular complexity index is 659. The smallest absolute Gasteiger partial charge is 0.336 e. The SMILES string of the molecule is CCOC(=O)[C@@]1(NC(=O)CNC(=O)[C@H](C)CC)CCc2ccccc21. The first-order valence-corrected chi connectivity index (χ1v) is 8.79. The maximum absolute atomic E-state index is 12.6. The number of benzene rings is 1. The van der Waals surface area contributed by atoms with Crippen molar-refractivity contribution >= 4 is 17.8 Å². The Hall–Kier alpha value is -2.37. The number of hydrogen-bond donors (Lipinski definition) is 2. The monoisotopic (exact) mass is 346 g/mol. The van der Waals surface area contributed by atoms with Gasteiger partial charge in [-0.3, -0.25) is 9.59 Å². The summed E-state index contributed by atoms with van der Waals surface area (Å²) in [7, 11) is 0. The van der Waals surface area contributed by atoms with E-state index in [0.29, 0.717) is 19.3 Å². The first-order valence-electron chi connectivity index (χ1n) is 8.79. The van der Waals surface area contributed by atoms with E-state index in [1.165, 1.54) is 0 Å². The van der Waals surface area contributed by atoms with E-state index in [1.807, 2.05) is 31.2 Å². The van der Waals surface area contributed by atoms with Gasteiger partial charge >= 0.3 is 5.97 Å². The number of hydrogen-bond acceptors (Lipinski definition) is 4. The van der Waals surface area contributed by atoms with Crippen LogP contribution in [0.25, 0.3) is 0 Å². The topological polar surface area (TPSA) is 84.5 Å². The van der Waals surface area contributed by atoms with Gasteiger partial charge in [-0.05, 0) is 37.3 Å². The zero-order valence-corrected chi connectivity index (χ0v) is 15.1. The Morgan fingerprint density at radius 1 is 1.24 bits per heavy atom. The Labute approximate surface area is 148 Å². The third kappa shape index (κ3) is 4.00. The first-order chi connectivity index (χ1) is 11.9. The number of carbonyl (C=O) groups excluding carboxylic acids is 3. The highest BCUT2D eigenvalue weighted by Gasteiger charge is 2.47. The second-order valence-corrected chi connectivity index (χ2v) is 6.36. The van der Waals surface area contributed by atoms with E-state index in [-0.39, 0.29) is 25.0 Å². The molecule has 2 rings (SSSR count). The maximum Gasteiger partial charge on any atom is 0.336 e. The Morgan fingerprint density at radius 2 is 1.96 bits per heavy atom. The van der Waals surface area contributed by atoms with Crippen LogP contribution in [0.4, 0.5) is 0 Å². The first kappa shape index (κ1) is 19.0. The number of rotatable bonds is 7. The summed E-state index contributed by atoms with van der Waals surface area (Å²) >= 11 is 0. The van der Waals surface area contributed by atoms with Gasteiger partial charge in [-0.2, -0.15) is 0 Å². The highest BCUT2D eigenvalue weighted by atomic mass is 16.5. The van der Waals surface area contributed by atoms with Gasteiger partial charge in [0.05, 0.1) is 13.2 Å². The summed E-state index contributed by atoms with van der Waals surface area (Å²) in [5, 5.41) is 5.43. The lowest BCUT2D eigenvalue weighted by Gasteiger charge is -2.29. The lowest BCUT2D eigenvalue weighted by atomic mass is 9.91. The summed E-state index contributed by atoms with van der Waals surface area (Å²) in [6, 6.07) is 7.55. The summed E-state index contributed by atoms with van der Waals surface area (Å²) in [5.41, 5.74) is 0.625. The van der Waals surface area contributed by atoms with Gasteiger partial charge in [-0.25, -0.2) is 4.79 Å². The van der Waals surface area contributed by atoms with Crippen LogP contribution in [0.1, 0.15) is 44.7 Å². The van der Waals surface area contributed by atoms with Crippen LogP contribution in [0.15, 0.2) is 24.3 Å². The summed E-state index contributed by atoms with van der Waals surface area (Å²) in [6.45, 7) is 5.53. The molecule has 0 spiro atoms. The molecule has 1 aromatic carbocycles. The molecule has 0 radical (unpaired) electrons. The average molecular weight is 346 g/mol. The Balaban J connectivity index is 2.15. The number of aryl methyl sites for hydroxylation is 1. The second-order valence-electron chi connectivity index (χ2n) is 6.36. The minimum atomic E-state index is -1.18. The highest BCUT2D eigenvalue weighted by Crippen LogP contribution is 2.37. The molecule has 0 heterocycles. The molecule has 0 fully saturated rings. The normalized spacial score (nSPS) is 19.6. The molecule has 1 aliphatic rings. The van der Waals surface area contributed by atoms with Crippen LogP contribution < -0.4 is 10.6 Å². The van der Waals surface area contributed by atoms with E-state index >= 15 is 0 Å². The fraction of sp³-hybridized carbons (Fsp3) is 0.526.